The van der Waals surface area contributed by atoms with Gasteiger partial charge in [0.25, 0.3) is 0 Å². The van der Waals surface area contributed by atoms with E-state index in [4.69, 9.17) is 10.3 Å². The molecule has 0 aliphatic rings. The first-order valence-electron chi connectivity index (χ1n) is 6.54. The molecular formula is C13H29N2OP. The highest BCUT2D eigenvalue weighted by Crippen LogP contribution is 2.50. The van der Waals surface area contributed by atoms with Gasteiger partial charge < -0.3 is 10.3 Å². The molecule has 0 saturated heterocycles. The Morgan fingerprint density at radius 1 is 1.29 bits per heavy atom. The fraction of sp³-hybridized carbons (Fsp3) is 0.846. The van der Waals surface area contributed by atoms with Crippen molar-refractivity contribution in [1.29, 1.82) is 0 Å². The maximum Gasteiger partial charge on any atom is 0.134 e. The molecule has 0 aromatic carbocycles. The molecule has 102 valence electrons. The molecule has 0 aromatic rings. The first-order chi connectivity index (χ1) is 7.95. The topological polar surface area (TPSA) is 38.5 Å². The standard InChI is InChI=1S/C13H29N2OP/c1-7-8-9-16-17(13(6)10-14)15(11(2)3)12(4)5/h11-12H,6-10,14H2,1-5H3. The van der Waals surface area contributed by atoms with Crippen molar-refractivity contribution in [3.8, 4) is 0 Å². The summed E-state index contributed by atoms with van der Waals surface area (Å²) in [7, 11) is -0.762. The maximum absolute atomic E-state index is 6.03. The summed E-state index contributed by atoms with van der Waals surface area (Å²) in [6.45, 7) is 16.3. The number of hydrogen-bond acceptors (Lipinski definition) is 3. The van der Waals surface area contributed by atoms with Crippen LogP contribution in [0.3, 0.4) is 0 Å². The molecule has 0 aromatic heterocycles. The third kappa shape index (κ3) is 5.96. The van der Waals surface area contributed by atoms with Crippen molar-refractivity contribution in [3.05, 3.63) is 11.9 Å². The van der Waals surface area contributed by atoms with Crippen molar-refractivity contribution in [2.75, 3.05) is 13.2 Å². The molecule has 4 heteroatoms. The van der Waals surface area contributed by atoms with E-state index in [9.17, 15) is 0 Å². The lowest BCUT2D eigenvalue weighted by Gasteiger charge is -2.37. The lowest BCUT2D eigenvalue weighted by Crippen LogP contribution is -2.34. The van der Waals surface area contributed by atoms with E-state index in [1.54, 1.807) is 0 Å². The van der Waals surface area contributed by atoms with Gasteiger partial charge in [-0.1, -0.05) is 19.9 Å². The Bertz CT molecular complexity index is 211. The van der Waals surface area contributed by atoms with Crippen LogP contribution in [0.25, 0.3) is 0 Å². The van der Waals surface area contributed by atoms with Gasteiger partial charge in [-0.05, 0) is 34.1 Å². The quantitative estimate of drug-likeness (QED) is 0.507. The highest BCUT2D eigenvalue weighted by molar-refractivity contribution is 7.54. The second-order valence-electron chi connectivity index (χ2n) is 4.80. The fourth-order valence-corrected chi connectivity index (χ4v) is 3.65. The van der Waals surface area contributed by atoms with Gasteiger partial charge in [0.2, 0.25) is 0 Å². The molecule has 3 nitrogen and oxygen atoms in total. The molecule has 2 N–H and O–H groups in total. The van der Waals surface area contributed by atoms with Crippen molar-refractivity contribution >= 4 is 8.30 Å². The normalized spacial score (nSPS) is 13.7. The molecule has 0 aliphatic carbocycles. The minimum Gasteiger partial charge on any atom is -0.340 e. The molecule has 17 heavy (non-hydrogen) atoms. The second kappa shape index (κ2) is 9.04. The summed E-state index contributed by atoms with van der Waals surface area (Å²) < 4.78 is 8.42. The first kappa shape index (κ1) is 17.1. The van der Waals surface area contributed by atoms with Gasteiger partial charge in [-0.15, -0.1) is 0 Å². The van der Waals surface area contributed by atoms with Crippen LogP contribution in [0.2, 0.25) is 0 Å². The molecule has 1 atom stereocenters. The Morgan fingerprint density at radius 3 is 2.18 bits per heavy atom. The van der Waals surface area contributed by atoms with Crippen molar-refractivity contribution in [2.24, 2.45) is 5.73 Å². The number of hydrogen-bond donors (Lipinski definition) is 1. The van der Waals surface area contributed by atoms with Crippen LogP contribution in [0.4, 0.5) is 0 Å². The van der Waals surface area contributed by atoms with E-state index in [0.717, 1.165) is 24.8 Å². The van der Waals surface area contributed by atoms with Crippen LogP contribution in [-0.4, -0.2) is 29.9 Å². The summed E-state index contributed by atoms with van der Waals surface area (Å²) in [5.74, 6) is 0. The van der Waals surface area contributed by atoms with Crippen LogP contribution >= 0.6 is 8.30 Å². The van der Waals surface area contributed by atoms with Gasteiger partial charge in [-0.25, -0.2) is 0 Å². The molecule has 0 rings (SSSR count). The minimum atomic E-state index is -0.762. The maximum atomic E-state index is 6.03. The van der Waals surface area contributed by atoms with Gasteiger partial charge in [0.05, 0.1) is 6.61 Å². The van der Waals surface area contributed by atoms with Crippen LogP contribution < -0.4 is 5.73 Å². The summed E-state index contributed by atoms with van der Waals surface area (Å²) in [6.07, 6.45) is 2.25. The highest BCUT2D eigenvalue weighted by Gasteiger charge is 2.26. The Labute approximate surface area is 108 Å². The predicted octanol–water partition coefficient (Wildman–Crippen LogP) is 3.71. The molecule has 0 radical (unpaired) electrons. The van der Waals surface area contributed by atoms with Crippen molar-refractivity contribution in [3.63, 3.8) is 0 Å². The summed E-state index contributed by atoms with van der Waals surface area (Å²) >= 11 is 0. The number of rotatable bonds is 9. The third-order valence-corrected chi connectivity index (χ3v) is 4.98. The van der Waals surface area contributed by atoms with E-state index in [-0.39, 0.29) is 0 Å². The van der Waals surface area contributed by atoms with Crippen LogP contribution in [-0.2, 0) is 4.52 Å². The Balaban J connectivity index is 4.67. The van der Waals surface area contributed by atoms with E-state index < -0.39 is 8.30 Å². The largest absolute Gasteiger partial charge is 0.340 e. The molecule has 0 heterocycles. The Kier molecular flexibility index (Phi) is 9.07. The average molecular weight is 260 g/mol. The van der Waals surface area contributed by atoms with Gasteiger partial charge >= 0.3 is 0 Å². The zero-order valence-corrected chi connectivity index (χ0v) is 13.0. The van der Waals surface area contributed by atoms with E-state index >= 15 is 0 Å². The zero-order chi connectivity index (χ0) is 13.4. The van der Waals surface area contributed by atoms with E-state index in [1.165, 1.54) is 0 Å². The third-order valence-electron chi connectivity index (χ3n) is 2.49. The summed E-state index contributed by atoms with van der Waals surface area (Å²) in [5, 5.41) is 1.03. The monoisotopic (exact) mass is 260 g/mol. The van der Waals surface area contributed by atoms with Gasteiger partial charge in [0.15, 0.2) is 0 Å². The Hall–Kier alpha value is 0.0500. The lowest BCUT2D eigenvalue weighted by atomic mass is 10.3. The van der Waals surface area contributed by atoms with Crippen LogP contribution in [0.1, 0.15) is 47.5 Å². The summed E-state index contributed by atoms with van der Waals surface area (Å²) in [4.78, 5) is 0. The molecule has 0 bridgehead atoms. The van der Waals surface area contributed by atoms with E-state index in [2.05, 4.69) is 45.9 Å². The molecule has 1 unspecified atom stereocenters. The van der Waals surface area contributed by atoms with Crippen molar-refractivity contribution in [1.82, 2.24) is 4.67 Å². The lowest BCUT2D eigenvalue weighted by molar-refractivity contribution is 0.254. The molecular weight excluding hydrogens is 231 g/mol. The molecule has 0 spiro atoms. The SMILES string of the molecule is C=C(CN)P(OCCCC)N(C(C)C)C(C)C. The highest BCUT2D eigenvalue weighted by atomic mass is 31.2. The second-order valence-corrected chi connectivity index (χ2v) is 6.70. The molecule has 0 saturated carbocycles. The fourth-order valence-electron chi connectivity index (χ4n) is 1.71. The minimum absolute atomic E-state index is 0.450. The van der Waals surface area contributed by atoms with Gasteiger partial charge in [-0.3, -0.25) is 4.67 Å². The van der Waals surface area contributed by atoms with Crippen LogP contribution in [0.5, 0.6) is 0 Å². The average Bonchev–Trinajstić information content (AvgIpc) is 2.25. The number of nitrogens with two attached hydrogens (primary N) is 1. The van der Waals surface area contributed by atoms with Gasteiger partial charge in [0, 0.05) is 23.9 Å². The molecule has 0 fully saturated rings. The summed E-state index contributed by atoms with van der Waals surface area (Å²) in [6, 6.07) is 0.900. The van der Waals surface area contributed by atoms with Crippen LogP contribution in [0, 0.1) is 0 Å². The number of unbranched alkanes of at least 4 members (excludes halogenated alkanes) is 1. The van der Waals surface area contributed by atoms with E-state index in [0.29, 0.717) is 18.6 Å². The van der Waals surface area contributed by atoms with Crippen molar-refractivity contribution < 1.29 is 4.52 Å². The van der Waals surface area contributed by atoms with Crippen molar-refractivity contribution in [2.45, 2.75) is 59.5 Å². The van der Waals surface area contributed by atoms with E-state index in [1.807, 2.05) is 0 Å². The zero-order valence-electron chi connectivity index (χ0n) is 12.1. The van der Waals surface area contributed by atoms with Gasteiger partial charge in [-0.2, -0.15) is 0 Å². The molecule has 0 amide bonds. The number of nitrogens with zero attached hydrogens (tertiary/aromatic N) is 1. The van der Waals surface area contributed by atoms with Crippen LogP contribution in [0.15, 0.2) is 11.9 Å². The predicted molar refractivity (Wildman–Crippen MR) is 78.1 cm³/mol. The summed E-state index contributed by atoms with van der Waals surface area (Å²) in [5.41, 5.74) is 5.73. The Morgan fingerprint density at radius 2 is 1.82 bits per heavy atom. The first-order valence-corrected chi connectivity index (χ1v) is 7.76. The molecule has 0 aliphatic heterocycles. The van der Waals surface area contributed by atoms with Gasteiger partial charge in [0.1, 0.15) is 8.30 Å². The smallest absolute Gasteiger partial charge is 0.134 e.